The zero-order valence-electron chi connectivity index (χ0n) is 15.0. The Morgan fingerprint density at radius 1 is 1.39 bits per heavy atom. The number of nitrogens with zero attached hydrogens (tertiary/aromatic N) is 4. The van der Waals surface area contributed by atoms with E-state index in [-0.39, 0.29) is 15.8 Å². The van der Waals surface area contributed by atoms with Crippen LogP contribution in [0, 0.1) is 10.1 Å². The SMILES string of the molecule is CCc1nnc(S/C(=C\c2cc([N+](=O)[O-])ccc2N2CCOCC2)C(=O)O)o1. The smallest absolute Gasteiger partial charge is 0.342 e. The molecule has 1 saturated heterocycles. The fourth-order valence-electron chi connectivity index (χ4n) is 2.66. The predicted octanol–water partition coefficient (Wildman–Crippen LogP) is 2.59. The Morgan fingerprint density at radius 3 is 2.75 bits per heavy atom. The van der Waals surface area contributed by atoms with Gasteiger partial charge in [-0.25, -0.2) is 4.79 Å². The van der Waals surface area contributed by atoms with Crippen molar-refractivity contribution in [3.63, 3.8) is 0 Å². The van der Waals surface area contributed by atoms with Crippen molar-refractivity contribution in [1.82, 2.24) is 10.2 Å². The van der Waals surface area contributed by atoms with Crippen molar-refractivity contribution in [1.29, 1.82) is 0 Å². The minimum atomic E-state index is -1.19. The van der Waals surface area contributed by atoms with E-state index in [1.165, 1.54) is 18.2 Å². The zero-order valence-corrected chi connectivity index (χ0v) is 15.8. The number of ether oxygens (including phenoxy) is 1. The van der Waals surface area contributed by atoms with Crippen molar-refractivity contribution in [3.05, 3.63) is 44.7 Å². The van der Waals surface area contributed by atoms with Crippen molar-refractivity contribution in [2.45, 2.75) is 18.6 Å². The lowest BCUT2D eigenvalue weighted by Gasteiger charge is -2.30. The number of aliphatic carboxylic acids is 1. The van der Waals surface area contributed by atoms with Crippen LogP contribution in [0.25, 0.3) is 6.08 Å². The molecule has 1 aliphatic rings. The molecule has 2 aromatic rings. The number of anilines is 1. The van der Waals surface area contributed by atoms with Crippen LogP contribution in [0.1, 0.15) is 18.4 Å². The number of benzene rings is 1. The minimum Gasteiger partial charge on any atom is -0.477 e. The van der Waals surface area contributed by atoms with Gasteiger partial charge in [-0.1, -0.05) is 6.92 Å². The third kappa shape index (κ3) is 4.67. The summed E-state index contributed by atoms with van der Waals surface area (Å²) in [7, 11) is 0. The lowest BCUT2D eigenvalue weighted by atomic mass is 10.1. The summed E-state index contributed by atoms with van der Waals surface area (Å²) >= 11 is 0.806. The van der Waals surface area contributed by atoms with Crippen LogP contribution >= 0.6 is 11.8 Å². The molecule has 1 aromatic heterocycles. The largest absolute Gasteiger partial charge is 0.477 e. The summed E-state index contributed by atoms with van der Waals surface area (Å²) in [5.41, 5.74) is 1.01. The van der Waals surface area contributed by atoms with Gasteiger partial charge in [0.05, 0.1) is 18.1 Å². The molecule has 0 amide bonds. The monoisotopic (exact) mass is 406 g/mol. The van der Waals surface area contributed by atoms with Crippen LogP contribution in [-0.4, -0.2) is 52.5 Å². The number of carboxylic acid groups (broad SMARTS) is 1. The third-order valence-electron chi connectivity index (χ3n) is 4.02. The van der Waals surface area contributed by atoms with Crippen molar-refractivity contribution >= 4 is 35.2 Å². The fourth-order valence-corrected chi connectivity index (χ4v) is 3.34. The summed E-state index contributed by atoms with van der Waals surface area (Å²) in [4.78, 5) is 24.3. The van der Waals surface area contributed by atoms with Crippen LogP contribution < -0.4 is 4.90 Å². The molecule has 0 bridgehead atoms. The molecule has 0 unspecified atom stereocenters. The molecule has 1 aliphatic heterocycles. The summed E-state index contributed by atoms with van der Waals surface area (Å²) in [6.07, 6.45) is 1.92. The second-order valence-electron chi connectivity index (χ2n) is 5.83. The molecule has 0 aliphatic carbocycles. The van der Waals surface area contributed by atoms with Gasteiger partial charge < -0.3 is 19.2 Å². The first-order valence-electron chi connectivity index (χ1n) is 8.54. The van der Waals surface area contributed by atoms with Gasteiger partial charge in [-0.15, -0.1) is 10.2 Å². The molecule has 0 radical (unpaired) electrons. The Morgan fingerprint density at radius 2 is 2.14 bits per heavy atom. The molecule has 148 valence electrons. The Kier molecular flexibility index (Phi) is 6.26. The lowest BCUT2D eigenvalue weighted by Crippen LogP contribution is -2.36. The van der Waals surface area contributed by atoms with E-state index < -0.39 is 10.9 Å². The van der Waals surface area contributed by atoms with Crippen molar-refractivity contribution in [2.75, 3.05) is 31.2 Å². The molecule has 1 fully saturated rings. The fraction of sp³-hybridized carbons (Fsp3) is 0.353. The highest BCUT2D eigenvalue weighted by Crippen LogP contribution is 2.33. The molecule has 10 nitrogen and oxygen atoms in total. The molecular formula is C17H18N4O6S. The summed E-state index contributed by atoms with van der Waals surface area (Å²) in [6.45, 7) is 4.12. The van der Waals surface area contributed by atoms with Crippen molar-refractivity contribution in [3.8, 4) is 0 Å². The summed E-state index contributed by atoms with van der Waals surface area (Å²) in [6, 6.07) is 4.39. The molecule has 28 heavy (non-hydrogen) atoms. The van der Waals surface area contributed by atoms with E-state index in [0.29, 0.717) is 49.9 Å². The quantitative estimate of drug-likeness (QED) is 0.317. The average molecular weight is 406 g/mol. The van der Waals surface area contributed by atoms with Crippen molar-refractivity contribution in [2.24, 2.45) is 0 Å². The van der Waals surface area contributed by atoms with E-state index >= 15 is 0 Å². The van der Waals surface area contributed by atoms with Crippen LogP contribution in [0.15, 0.2) is 32.7 Å². The molecule has 3 rings (SSSR count). The van der Waals surface area contributed by atoms with Crippen LogP contribution in [0.4, 0.5) is 11.4 Å². The number of hydrogen-bond donors (Lipinski definition) is 1. The van der Waals surface area contributed by atoms with Gasteiger partial charge in [-0.05, 0) is 23.9 Å². The highest BCUT2D eigenvalue weighted by Gasteiger charge is 2.20. The van der Waals surface area contributed by atoms with E-state index in [2.05, 4.69) is 10.2 Å². The Balaban J connectivity index is 1.99. The van der Waals surface area contributed by atoms with Gasteiger partial charge in [0.15, 0.2) is 0 Å². The van der Waals surface area contributed by atoms with Gasteiger partial charge in [0.1, 0.15) is 4.91 Å². The number of morpholine rings is 1. The molecule has 11 heteroatoms. The zero-order chi connectivity index (χ0) is 20.1. The van der Waals surface area contributed by atoms with E-state index in [4.69, 9.17) is 9.15 Å². The minimum absolute atomic E-state index is 0.0821. The summed E-state index contributed by atoms with van der Waals surface area (Å²) in [5.74, 6) is -0.794. The van der Waals surface area contributed by atoms with Crippen LogP contribution in [0.3, 0.4) is 0 Å². The summed E-state index contributed by atoms with van der Waals surface area (Å²) < 4.78 is 10.7. The predicted molar refractivity (Wildman–Crippen MR) is 101 cm³/mol. The van der Waals surface area contributed by atoms with E-state index in [0.717, 1.165) is 11.8 Å². The third-order valence-corrected chi connectivity index (χ3v) is 4.87. The van der Waals surface area contributed by atoms with Crippen LogP contribution in [0.2, 0.25) is 0 Å². The maximum absolute atomic E-state index is 11.7. The lowest BCUT2D eigenvalue weighted by molar-refractivity contribution is -0.384. The standard InChI is InChI=1S/C17H18N4O6S/c1-2-15-18-19-17(27-15)28-14(16(22)23)10-11-9-12(21(24)25)3-4-13(11)20-5-7-26-8-6-20/h3-4,9-10H,2,5-8H2,1H3,(H,22,23)/b14-10-. The topological polar surface area (TPSA) is 132 Å². The first-order valence-corrected chi connectivity index (χ1v) is 9.36. The number of carbonyl (C=O) groups is 1. The summed E-state index contributed by atoms with van der Waals surface area (Å²) in [5, 5.41) is 28.5. The number of nitro benzene ring substituents is 1. The van der Waals surface area contributed by atoms with Crippen LogP contribution in [0.5, 0.6) is 0 Å². The molecule has 0 spiro atoms. The van der Waals surface area contributed by atoms with Crippen molar-refractivity contribution < 1.29 is 24.0 Å². The molecule has 2 heterocycles. The Bertz CT molecular complexity index is 907. The molecule has 0 saturated carbocycles. The number of hydrogen-bond acceptors (Lipinski definition) is 9. The van der Waals surface area contributed by atoms with Gasteiger partial charge in [-0.3, -0.25) is 10.1 Å². The van der Waals surface area contributed by atoms with Gasteiger partial charge >= 0.3 is 5.97 Å². The first-order chi connectivity index (χ1) is 13.5. The highest BCUT2D eigenvalue weighted by molar-refractivity contribution is 8.03. The highest BCUT2D eigenvalue weighted by atomic mass is 32.2. The van der Waals surface area contributed by atoms with Gasteiger partial charge in [0, 0.05) is 42.9 Å². The number of nitro groups is 1. The molecule has 0 atom stereocenters. The number of aromatic nitrogens is 2. The Labute approximate surface area is 164 Å². The number of carboxylic acids is 1. The average Bonchev–Trinajstić information content (AvgIpc) is 3.15. The molecular weight excluding hydrogens is 388 g/mol. The van der Waals surface area contributed by atoms with Gasteiger partial charge in [0.25, 0.3) is 10.9 Å². The van der Waals surface area contributed by atoms with E-state index in [1.54, 1.807) is 6.07 Å². The molecule has 1 aromatic carbocycles. The number of aryl methyl sites for hydroxylation is 1. The van der Waals surface area contributed by atoms with Crippen LogP contribution in [-0.2, 0) is 16.0 Å². The molecule has 1 N–H and O–H groups in total. The maximum Gasteiger partial charge on any atom is 0.342 e. The number of thioether (sulfide) groups is 1. The van der Waals surface area contributed by atoms with Gasteiger partial charge in [0.2, 0.25) is 5.89 Å². The van der Waals surface area contributed by atoms with E-state index in [1.807, 2.05) is 11.8 Å². The normalized spacial score (nSPS) is 14.9. The first kappa shape index (κ1) is 19.8. The van der Waals surface area contributed by atoms with E-state index in [9.17, 15) is 20.0 Å². The second kappa shape index (κ2) is 8.85. The second-order valence-corrected chi connectivity index (χ2v) is 6.82. The number of rotatable bonds is 7. The maximum atomic E-state index is 11.7. The van der Waals surface area contributed by atoms with Gasteiger partial charge in [-0.2, -0.15) is 0 Å². The number of non-ortho nitro benzene ring substituents is 1. The Hall–Kier alpha value is -2.92.